The number of rotatable bonds is 6. The topological polar surface area (TPSA) is 46.5 Å². The summed E-state index contributed by atoms with van der Waals surface area (Å²) in [7, 11) is -1.85. The van der Waals surface area contributed by atoms with Gasteiger partial charge in [-0.25, -0.2) is 0 Å². The Morgan fingerprint density at radius 3 is 1.84 bits per heavy atom. The zero-order chi connectivity index (χ0) is 14.8. The molecule has 1 aliphatic rings. The largest absolute Gasteiger partial charge is 0.481 e. The van der Waals surface area contributed by atoms with E-state index in [9.17, 15) is 4.79 Å². The highest BCUT2D eigenvalue weighted by molar-refractivity contribution is 6.77. The number of hydrogen-bond donors (Lipinski definition) is 1. The molecule has 4 heteroatoms. The lowest BCUT2D eigenvalue weighted by Gasteiger charge is -2.44. The molecular weight excluding hydrogens is 256 g/mol. The third kappa shape index (κ3) is 3.40. The van der Waals surface area contributed by atoms with Gasteiger partial charge in [0.1, 0.15) is 0 Å². The number of hydrogen-bond acceptors (Lipinski definition) is 2. The number of carboxylic acids is 1. The third-order valence-electron chi connectivity index (χ3n) is 4.81. The van der Waals surface area contributed by atoms with E-state index in [1.54, 1.807) is 0 Å². The summed E-state index contributed by atoms with van der Waals surface area (Å²) in [5.74, 6) is -0.847. The van der Waals surface area contributed by atoms with Crippen LogP contribution >= 0.6 is 0 Å². The normalized spacial score (nSPS) is 24.7. The molecule has 0 bridgehead atoms. The summed E-state index contributed by atoms with van der Waals surface area (Å²) in [6.07, 6.45) is 2.56. The average molecular weight is 286 g/mol. The molecule has 0 heterocycles. The van der Waals surface area contributed by atoms with Crippen LogP contribution in [0.3, 0.4) is 0 Å². The van der Waals surface area contributed by atoms with Crippen molar-refractivity contribution < 1.29 is 14.3 Å². The van der Waals surface area contributed by atoms with Crippen LogP contribution in [0.15, 0.2) is 0 Å². The molecular formula is C15H30O3Si. The third-order valence-corrected chi connectivity index (χ3v) is 11.0. The average Bonchev–Trinajstić information content (AvgIpc) is 2.72. The zero-order valence-corrected chi connectivity index (χ0v) is 14.3. The fraction of sp³-hybridized carbons (Fsp3) is 0.933. The van der Waals surface area contributed by atoms with Gasteiger partial charge in [-0.3, -0.25) is 4.79 Å². The Balaban J connectivity index is 2.82. The van der Waals surface area contributed by atoms with Crippen molar-refractivity contribution in [2.45, 2.75) is 83.5 Å². The zero-order valence-electron chi connectivity index (χ0n) is 13.3. The van der Waals surface area contributed by atoms with Crippen molar-refractivity contribution in [3.63, 3.8) is 0 Å². The van der Waals surface area contributed by atoms with Crippen LogP contribution in [0.2, 0.25) is 16.6 Å². The molecule has 2 atom stereocenters. The second kappa shape index (κ2) is 6.40. The summed E-state index contributed by atoms with van der Waals surface area (Å²) in [4.78, 5) is 11.1. The standard InChI is InChI=1S/C15H30O3Si/c1-10(2)19(11(3)4,12(5)6)18-14-8-7-13(9-14)15(16)17/h10-14H,7-9H2,1-6H3,(H,16,17). The first-order valence-electron chi connectivity index (χ1n) is 7.62. The van der Waals surface area contributed by atoms with Crippen molar-refractivity contribution in [3.8, 4) is 0 Å². The summed E-state index contributed by atoms with van der Waals surface area (Å²) in [5.41, 5.74) is 1.70. The van der Waals surface area contributed by atoms with Gasteiger partial charge in [0.2, 0.25) is 8.32 Å². The van der Waals surface area contributed by atoms with E-state index in [1.165, 1.54) is 0 Å². The first-order chi connectivity index (χ1) is 8.71. The molecule has 1 fully saturated rings. The highest BCUT2D eigenvalue weighted by Gasteiger charge is 2.47. The number of carboxylic acid groups (broad SMARTS) is 1. The molecule has 1 rings (SSSR count). The van der Waals surface area contributed by atoms with Crippen LogP contribution in [0.4, 0.5) is 0 Å². The Kier molecular flexibility index (Phi) is 5.62. The number of carbonyl (C=O) groups is 1. The molecule has 0 spiro atoms. The van der Waals surface area contributed by atoms with Gasteiger partial charge in [-0.2, -0.15) is 0 Å². The van der Waals surface area contributed by atoms with Crippen molar-refractivity contribution >= 4 is 14.3 Å². The van der Waals surface area contributed by atoms with Crippen LogP contribution in [-0.4, -0.2) is 25.5 Å². The van der Waals surface area contributed by atoms with Gasteiger partial charge in [0.05, 0.1) is 5.92 Å². The van der Waals surface area contributed by atoms with E-state index in [4.69, 9.17) is 9.53 Å². The SMILES string of the molecule is CC(C)[Si](OC1CCC(C(=O)O)C1)(C(C)C)C(C)C. The minimum absolute atomic E-state index is 0.167. The second-order valence-electron chi connectivity index (χ2n) is 6.91. The predicted molar refractivity (Wildman–Crippen MR) is 80.9 cm³/mol. The van der Waals surface area contributed by atoms with Gasteiger partial charge in [0.15, 0.2) is 0 Å². The Bertz CT molecular complexity index is 291. The molecule has 0 aromatic heterocycles. The Morgan fingerprint density at radius 2 is 1.53 bits per heavy atom. The molecule has 112 valence electrons. The van der Waals surface area contributed by atoms with E-state index < -0.39 is 14.3 Å². The van der Waals surface area contributed by atoms with Crippen LogP contribution in [0.5, 0.6) is 0 Å². The van der Waals surface area contributed by atoms with Crippen LogP contribution in [-0.2, 0) is 9.22 Å². The van der Waals surface area contributed by atoms with E-state index in [-0.39, 0.29) is 12.0 Å². The Labute approximate surface area is 118 Å². The quantitative estimate of drug-likeness (QED) is 0.735. The molecule has 0 radical (unpaired) electrons. The monoisotopic (exact) mass is 286 g/mol. The Morgan fingerprint density at radius 1 is 1.05 bits per heavy atom. The lowest BCUT2D eigenvalue weighted by atomic mass is 10.1. The summed E-state index contributed by atoms with van der Waals surface area (Å²) in [6.45, 7) is 13.6. The fourth-order valence-corrected chi connectivity index (χ4v) is 9.58. The van der Waals surface area contributed by atoms with E-state index in [0.717, 1.165) is 12.8 Å². The first-order valence-corrected chi connectivity index (χ1v) is 9.76. The van der Waals surface area contributed by atoms with Gasteiger partial charge in [0.25, 0.3) is 0 Å². The number of aliphatic carboxylic acids is 1. The van der Waals surface area contributed by atoms with Crippen LogP contribution in [0.25, 0.3) is 0 Å². The van der Waals surface area contributed by atoms with Crippen molar-refractivity contribution in [2.75, 3.05) is 0 Å². The molecule has 0 saturated heterocycles. The van der Waals surface area contributed by atoms with Gasteiger partial charge in [-0.1, -0.05) is 41.5 Å². The fourth-order valence-electron chi connectivity index (χ4n) is 3.97. The first kappa shape index (κ1) is 16.7. The van der Waals surface area contributed by atoms with Crippen molar-refractivity contribution in [3.05, 3.63) is 0 Å². The maximum absolute atomic E-state index is 11.1. The van der Waals surface area contributed by atoms with Crippen LogP contribution in [0.1, 0.15) is 60.8 Å². The summed E-state index contributed by atoms with van der Waals surface area (Å²) in [5, 5.41) is 9.11. The summed E-state index contributed by atoms with van der Waals surface area (Å²) >= 11 is 0. The van der Waals surface area contributed by atoms with Gasteiger partial charge >= 0.3 is 5.97 Å². The van der Waals surface area contributed by atoms with E-state index in [1.807, 2.05) is 0 Å². The van der Waals surface area contributed by atoms with Crippen molar-refractivity contribution in [2.24, 2.45) is 5.92 Å². The molecule has 19 heavy (non-hydrogen) atoms. The Hall–Kier alpha value is -0.353. The lowest BCUT2D eigenvalue weighted by molar-refractivity contribution is -0.141. The smallest absolute Gasteiger partial charge is 0.306 e. The van der Waals surface area contributed by atoms with Crippen LogP contribution < -0.4 is 0 Å². The van der Waals surface area contributed by atoms with Gasteiger partial charge in [-0.15, -0.1) is 0 Å². The lowest BCUT2D eigenvalue weighted by Crippen LogP contribution is -2.49. The molecule has 1 saturated carbocycles. The molecule has 0 aromatic carbocycles. The molecule has 3 nitrogen and oxygen atoms in total. The summed E-state index contributed by atoms with van der Waals surface area (Å²) in [6, 6.07) is 0. The minimum Gasteiger partial charge on any atom is -0.481 e. The molecule has 1 aliphatic carbocycles. The second-order valence-corrected chi connectivity index (χ2v) is 12.3. The van der Waals surface area contributed by atoms with E-state index >= 15 is 0 Å². The molecule has 0 aromatic rings. The molecule has 0 aliphatic heterocycles. The van der Waals surface area contributed by atoms with E-state index in [2.05, 4.69) is 41.5 Å². The summed E-state index contributed by atoms with van der Waals surface area (Å²) < 4.78 is 6.64. The van der Waals surface area contributed by atoms with Crippen LogP contribution in [0, 0.1) is 5.92 Å². The van der Waals surface area contributed by atoms with Crippen molar-refractivity contribution in [1.82, 2.24) is 0 Å². The molecule has 0 amide bonds. The van der Waals surface area contributed by atoms with Gasteiger partial charge in [0, 0.05) is 6.10 Å². The molecule has 1 N–H and O–H groups in total. The maximum atomic E-state index is 11.1. The highest BCUT2D eigenvalue weighted by atomic mass is 28.4. The van der Waals surface area contributed by atoms with E-state index in [0.29, 0.717) is 23.0 Å². The maximum Gasteiger partial charge on any atom is 0.306 e. The van der Waals surface area contributed by atoms with Crippen molar-refractivity contribution in [1.29, 1.82) is 0 Å². The predicted octanol–water partition coefficient (Wildman–Crippen LogP) is 4.43. The molecule has 2 unspecified atom stereocenters. The van der Waals surface area contributed by atoms with Gasteiger partial charge in [-0.05, 0) is 35.9 Å². The van der Waals surface area contributed by atoms with Gasteiger partial charge < -0.3 is 9.53 Å². The highest BCUT2D eigenvalue weighted by Crippen LogP contribution is 2.45. The minimum atomic E-state index is -1.85.